The van der Waals surface area contributed by atoms with Crippen LogP contribution in [0.25, 0.3) is 0 Å². The van der Waals surface area contributed by atoms with E-state index in [0.29, 0.717) is 32.0 Å². The Kier molecular flexibility index (Phi) is 8.40. The molecule has 0 aliphatic carbocycles. The van der Waals surface area contributed by atoms with Crippen molar-refractivity contribution in [2.24, 2.45) is 0 Å². The summed E-state index contributed by atoms with van der Waals surface area (Å²) in [6.45, 7) is 5.38. The molecular weight excluding hydrogens is 308 g/mol. The lowest BCUT2D eigenvalue weighted by atomic mass is 10.1. The third kappa shape index (κ3) is 8.33. The van der Waals surface area contributed by atoms with Crippen LogP contribution >= 0.6 is 0 Å². The molecular formula is C15H24O6S. The van der Waals surface area contributed by atoms with E-state index >= 15 is 0 Å². The Hall–Kier alpha value is -1.15. The summed E-state index contributed by atoms with van der Waals surface area (Å²) in [6, 6.07) is 7.39. The van der Waals surface area contributed by atoms with E-state index in [9.17, 15) is 8.42 Å². The predicted octanol–water partition coefficient (Wildman–Crippen LogP) is 1.98. The molecule has 22 heavy (non-hydrogen) atoms. The second-order valence-corrected chi connectivity index (χ2v) is 6.22. The van der Waals surface area contributed by atoms with Crippen molar-refractivity contribution in [1.29, 1.82) is 0 Å². The Morgan fingerprint density at radius 1 is 1.05 bits per heavy atom. The average molecular weight is 332 g/mol. The lowest BCUT2D eigenvalue weighted by molar-refractivity contribution is -0.152. The van der Waals surface area contributed by atoms with Gasteiger partial charge < -0.3 is 14.2 Å². The van der Waals surface area contributed by atoms with E-state index in [-0.39, 0.29) is 12.9 Å². The van der Waals surface area contributed by atoms with Crippen LogP contribution in [0.5, 0.6) is 5.75 Å². The third-order valence-electron chi connectivity index (χ3n) is 2.70. The van der Waals surface area contributed by atoms with Gasteiger partial charge in [0.15, 0.2) is 6.29 Å². The molecule has 6 nitrogen and oxygen atoms in total. The minimum absolute atomic E-state index is 0.135. The first-order valence-electron chi connectivity index (χ1n) is 7.24. The van der Waals surface area contributed by atoms with Gasteiger partial charge >= 0.3 is 0 Å². The van der Waals surface area contributed by atoms with Crippen molar-refractivity contribution in [2.45, 2.75) is 26.6 Å². The number of benzene rings is 1. The van der Waals surface area contributed by atoms with Gasteiger partial charge in [-0.3, -0.25) is 4.18 Å². The number of rotatable bonds is 11. The van der Waals surface area contributed by atoms with Gasteiger partial charge in [-0.1, -0.05) is 12.1 Å². The molecule has 0 unspecified atom stereocenters. The van der Waals surface area contributed by atoms with Crippen molar-refractivity contribution in [3.05, 3.63) is 29.8 Å². The largest absolute Gasteiger partial charge is 0.488 e. The van der Waals surface area contributed by atoms with Crippen molar-refractivity contribution in [3.63, 3.8) is 0 Å². The molecule has 0 saturated carbocycles. The Bertz CT molecular complexity index is 505. The highest BCUT2D eigenvalue weighted by Crippen LogP contribution is 2.14. The van der Waals surface area contributed by atoms with Gasteiger partial charge in [0.1, 0.15) is 12.4 Å². The highest BCUT2D eigenvalue weighted by atomic mass is 32.2. The molecule has 1 aromatic rings. The van der Waals surface area contributed by atoms with Gasteiger partial charge in [-0.25, -0.2) is 0 Å². The molecule has 0 amide bonds. The topological polar surface area (TPSA) is 71.1 Å². The maximum Gasteiger partial charge on any atom is 0.264 e. The molecule has 0 bridgehead atoms. The van der Waals surface area contributed by atoms with Gasteiger partial charge in [0, 0.05) is 13.2 Å². The smallest absolute Gasteiger partial charge is 0.264 e. The summed E-state index contributed by atoms with van der Waals surface area (Å²) in [5.74, 6) is 0.706. The van der Waals surface area contributed by atoms with Gasteiger partial charge in [0.2, 0.25) is 0 Å². The minimum atomic E-state index is -3.38. The molecule has 126 valence electrons. The number of ether oxygens (including phenoxy) is 3. The maximum atomic E-state index is 10.9. The Balaban J connectivity index is 2.40. The zero-order valence-electron chi connectivity index (χ0n) is 13.3. The van der Waals surface area contributed by atoms with Crippen LogP contribution in [0.4, 0.5) is 0 Å². The average Bonchev–Trinajstić information content (AvgIpc) is 2.45. The first-order valence-corrected chi connectivity index (χ1v) is 9.05. The molecule has 0 atom stereocenters. The molecule has 0 aliphatic heterocycles. The fourth-order valence-corrected chi connectivity index (χ4v) is 2.13. The van der Waals surface area contributed by atoms with E-state index < -0.39 is 10.1 Å². The van der Waals surface area contributed by atoms with Crippen molar-refractivity contribution >= 4 is 10.1 Å². The third-order valence-corrected chi connectivity index (χ3v) is 3.30. The fourth-order valence-electron chi connectivity index (χ4n) is 1.74. The van der Waals surface area contributed by atoms with Gasteiger partial charge in [-0.2, -0.15) is 8.42 Å². The fraction of sp³-hybridized carbons (Fsp3) is 0.600. The van der Waals surface area contributed by atoms with E-state index in [1.165, 1.54) is 0 Å². The highest BCUT2D eigenvalue weighted by molar-refractivity contribution is 7.85. The van der Waals surface area contributed by atoms with Crippen molar-refractivity contribution < 1.29 is 26.8 Å². The van der Waals surface area contributed by atoms with E-state index in [1.54, 1.807) is 0 Å². The van der Waals surface area contributed by atoms with Crippen LogP contribution in [0.3, 0.4) is 0 Å². The van der Waals surface area contributed by atoms with Crippen LogP contribution in [0.1, 0.15) is 19.4 Å². The molecule has 0 saturated heterocycles. The van der Waals surface area contributed by atoms with Crippen molar-refractivity contribution in [3.8, 4) is 5.75 Å². The van der Waals surface area contributed by atoms with Crippen molar-refractivity contribution in [1.82, 2.24) is 0 Å². The highest BCUT2D eigenvalue weighted by Gasteiger charge is 2.09. The molecule has 0 aliphatic rings. The molecule has 0 aromatic heterocycles. The predicted molar refractivity (Wildman–Crippen MR) is 83.5 cm³/mol. The Morgan fingerprint density at radius 2 is 1.64 bits per heavy atom. The lowest BCUT2D eigenvalue weighted by Crippen LogP contribution is -2.25. The van der Waals surface area contributed by atoms with E-state index in [1.807, 2.05) is 38.1 Å². The first kappa shape index (κ1) is 18.9. The monoisotopic (exact) mass is 332 g/mol. The molecule has 0 radical (unpaired) electrons. The SMILES string of the molecule is CCOC(COc1ccc(CCOS(C)(=O)=O)cc1)OCC. The molecule has 1 aromatic carbocycles. The first-order chi connectivity index (χ1) is 10.4. The minimum Gasteiger partial charge on any atom is -0.488 e. The summed E-state index contributed by atoms with van der Waals surface area (Å²) in [7, 11) is -3.38. The standard InChI is InChI=1S/C15H24O6S/c1-4-18-15(19-5-2)12-20-14-8-6-13(7-9-14)10-11-21-22(3,16)17/h6-9,15H,4-5,10-12H2,1-3H3. The summed E-state index contributed by atoms with van der Waals surface area (Å²) in [4.78, 5) is 0. The van der Waals surface area contributed by atoms with Gasteiger partial charge in [-0.15, -0.1) is 0 Å². The molecule has 1 rings (SSSR count). The zero-order valence-corrected chi connectivity index (χ0v) is 14.1. The normalized spacial score (nSPS) is 11.8. The number of hydrogen-bond donors (Lipinski definition) is 0. The quantitative estimate of drug-likeness (QED) is 0.456. The van der Waals surface area contributed by atoms with Gasteiger partial charge in [0.05, 0.1) is 12.9 Å². The van der Waals surface area contributed by atoms with Crippen LogP contribution in [-0.2, 0) is 30.2 Å². The van der Waals surface area contributed by atoms with Crippen LogP contribution < -0.4 is 4.74 Å². The summed E-state index contributed by atoms with van der Waals surface area (Å²) in [5.41, 5.74) is 0.974. The van der Waals surface area contributed by atoms with E-state index in [4.69, 9.17) is 18.4 Å². The second kappa shape index (κ2) is 9.78. The second-order valence-electron chi connectivity index (χ2n) is 4.57. The van der Waals surface area contributed by atoms with Crippen LogP contribution in [0.2, 0.25) is 0 Å². The Labute approximate surface area is 132 Å². The molecule has 7 heteroatoms. The zero-order chi connectivity index (χ0) is 16.4. The summed E-state index contributed by atoms with van der Waals surface area (Å²) in [6.07, 6.45) is 1.18. The molecule has 0 N–H and O–H groups in total. The van der Waals surface area contributed by atoms with Crippen LogP contribution in [-0.4, -0.2) is 47.4 Å². The lowest BCUT2D eigenvalue weighted by Gasteiger charge is -2.17. The van der Waals surface area contributed by atoms with Gasteiger partial charge in [-0.05, 0) is 38.0 Å². The van der Waals surface area contributed by atoms with E-state index in [0.717, 1.165) is 11.8 Å². The van der Waals surface area contributed by atoms with E-state index in [2.05, 4.69) is 0 Å². The summed E-state index contributed by atoms with van der Waals surface area (Å²) >= 11 is 0. The Morgan fingerprint density at radius 3 is 2.14 bits per heavy atom. The number of hydrogen-bond acceptors (Lipinski definition) is 6. The summed E-state index contributed by atoms with van der Waals surface area (Å²) in [5, 5.41) is 0. The molecule has 0 fully saturated rings. The maximum absolute atomic E-state index is 10.9. The van der Waals surface area contributed by atoms with Gasteiger partial charge in [0.25, 0.3) is 10.1 Å². The summed E-state index contributed by atoms with van der Waals surface area (Å²) < 4.78 is 42.8. The molecule has 0 heterocycles. The van der Waals surface area contributed by atoms with Crippen LogP contribution in [0, 0.1) is 0 Å². The van der Waals surface area contributed by atoms with Crippen LogP contribution in [0.15, 0.2) is 24.3 Å². The van der Waals surface area contributed by atoms with Crippen molar-refractivity contribution in [2.75, 3.05) is 32.7 Å². The molecule has 0 spiro atoms.